The fraction of sp³-hybridized carbons (Fsp3) is 0.438. The van der Waals surface area contributed by atoms with Gasteiger partial charge in [-0.25, -0.2) is 8.42 Å². The minimum Gasteiger partial charge on any atom is -0.271 e. The second-order valence-electron chi connectivity index (χ2n) is 5.89. The van der Waals surface area contributed by atoms with Crippen molar-refractivity contribution in [1.82, 2.24) is 14.1 Å². The molecule has 0 amide bonds. The third-order valence-electron chi connectivity index (χ3n) is 4.38. The van der Waals surface area contributed by atoms with Crippen molar-refractivity contribution in [1.29, 1.82) is 0 Å². The van der Waals surface area contributed by atoms with Gasteiger partial charge in [-0.15, -0.1) is 0 Å². The Morgan fingerprint density at radius 2 is 2.04 bits per heavy atom. The number of benzene rings is 1. The van der Waals surface area contributed by atoms with Gasteiger partial charge in [0.05, 0.1) is 16.8 Å². The van der Waals surface area contributed by atoms with E-state index in [0.717, 1.165) is 25.0 Å². The highest BCUT2D eigenvalue weighted by Gasteiger charge is 2.37. The summed E-state index contributed by atoms with van der Waals surface area (Å²) in [4.78, 5) is 0.218. The SMILES string of the molecule is Cc1cccc(Cl)c1S(=O)(=O)N1CCCCC1c1ccnn1C. The van der Waals surface area contributed by atoms with Crippen molar-refractivity contribution < 1.29 is 8.42 Å². The van der Waals surface area contributed by atoms with Crippen LogP contribution >= 0.6 is 11.6 Å². The van der Waals surface area contributed by atoms with Crippen molar-refractivity contribution in [3.8, 4) is 0 Å². The van der Waals surface area contributed by atoms with Crippen molar-refractivity contribution in [2.24, 2.45) is 7.05 Å². The van der Waals surface area contributed by atoms with E-state index in [1.54, 1.807) is 40.3 Å². The second kappa shape index (κ2) is 6.26. The third kappa shape index (κ3) is 2.91. The van der Waals surface area contributed by atoms with Gasteiger partial charge in [0.25, 0.3) is 0 Å². The lowest BCUT2D eigenvalue weighted by Crippen LogP contribution is -2.39. The number of sulfonamides is 1. The van der Waals surface area contributed by atoms with Crippen LogP contribution in [0.5, 0.6) is 0 Å². The van der Waals surface area contributed by atoms with E-state index in [4.69, 9.17) is 11.6 Å². The summed E-state index contributed by atoms with van der Waals surface area (Å²) in [6.07, 6.45) is 4.36. The molecule has 5 nitrogen and oxygen atoms in total. The topological polar surface area (TPSA) is 55.2 Å². The minimum absolute atomic E-state index is 0.197. The lowest BCUT2D eigenvalue weighted by Gasteiger charge is -2.35. The molecule has 23 heavy (non-hydrogen) atoms. The Kier molecular flexibility index (Phi) is 4.49. The minimum atomic E-state index is -3.66. The van der Waals surface area contributed by atoms with E-state index < -0.39 is 10.0 Å². The van der Waals surface area contributed by atoms with Crippen LogP contribution in [-0.4, -0.2) is 29.0 Å². The maximum atomic E-state index is 13.3. The quantitative estimate of drug-likeness (QED) is 0.850. The number of hydrogen-bond acceptors (Lipinski definition) is 3. The van der Waals surface area contributed by atoms with Gasteiger partial charge >= 0.3 is 0 Å². The predicted octanol–water partition coefficient (Wildman–Crippen LogP) is 3.30. The highest BCUT2D eigenvalue weighted by Crippen LogP contribution is 2.37. The number of piperidine rings is 1. The summed E-state index contributed by atoms with van der Waals surface area (Å²) in [5.74, 6) is 0. The summed E-state index contributed by atoms with van der Waals surface area (Å²) in [5, 5.41) is 4.46. The molecule has 0 spiro atoms. The summed E-state index contributed by atoms with van der Waals surface area (Å²) in [5.41, 5.74) is 1.59. The number of nitrogens with zero attached hydrogens (tertiary/aromatic N) is 3. The maximum Gasteiger partial charge on any atom is 0.245 e. The summed E-state index contributed by atoms with van der Waals surface area (Å²) < 4.78 is 29.8. The molecule has 0 aliphatic carbocycles. The largest absolute Gasteiger partial charge is 0.271 e. The fourth-order valence-electron chi connectivity index (χ4n) is 3.26. The van der Waals surface area contributed by atoms with Crippen LogP contribution in [0, 0.1) is 6.92 Å². The zero-order chi connectivity index (χ0) is 16.6. The van der Waals surface area contributed by atoms with Gasteiger partial charge in [0.15, 0.2) is 0 Å². The van der Waals surface area contributed by atoms with Crippen molar-refractivity contribution in [2.45, 2.75) is 37.1 Å². The molecule has 1 fully saturated rings. The first kappa shape index (κ1) is 16.5. The lowest BCUT2D eigenvalue weighted by atomic mass is 10.0. The van der Waals surface area contributed by atoms with Crippen LogP contribution in [0.1, 0.15) is 36.6 Å². The summed E-state index contributed by atoms with van der Waals surface area (Å²) >= 11 is 6.21. The van der Waals surface area contributed by atoms with Gasteiger partial charge < -0.3 is 0 Å². The molecule has 124 valence electrons. The van der Waals surface area contributed by atoms with E-state index in [2.05, 4.69) is 5.10 Å². The van der Waals surface area contributed by atoms with E-state index in [1.165, 1.54) is 0 Å². The number of halogens is 1. The van der Waals surface area contributed by atoms with Crippen LogP contribution in [0.25, 0.3) is 0 Å². The molecule has 2 heterocycles. The molecule has 1 saturated heterocycles. The van der Waals surface area contributed by atoms with Crippen LogP contribution in [0.3, 0.4) is 0 Å². The van der Waals surface area contributed by atoms with E-state index in [-0.39, 0.29) is 16.0 Å². The molecule has 2 aromatic rings. The zero-order valence-electron chi connectivity index (χ0n) is 13.2. The van der Waals surface area contributed by atoms with Crippen LogP contribution in [0.2, 0.25) is 5.02 Å². The monoisotopic (exact) mass is 353 g/mol. The van der Waals surface area contributed by atoms with E-state index in [1.807, 2.05) is 13.1 Å². The van der Waals surface area contributed by atoms with Gasteiger partial charge in [0, 0.05) is 19.8 Å². The summed E-state index contributed by atoms with van der Waals surface area (Å²) in [7, 11) is -1.81. The van der Waals surface area contributed by atoms with Gasteiger partial charge in [0.2, 0.25) is 10.0 Å². The second-order valence-corrected chi connectivity index (χ2v) is 8.13. The average Bonchev–Trinajstić information content (AvgIpc) is 2.93. The number of rotatable bonds is 3. The number of hydrogen-bond donors (Lipinski definition) is 0. The van der Waals surface area contributed by atoms with Gasteiger partial charge in [-0.2, -0.15) is 9.40 Å². The third-order valence-corrected chi connectivity index (χ3v) is 6.92. The molecule has 1 aromatic heterocycles. The molecule has 7 heteroatoms. The Morgan fingerprint density at radius 3 is 2.70 bits per heavy atom. The molecule has 1 aliphatic heterocycles. The number of aromatic nitrogens is 2. The standard InChI is InChI=1S/C16H20ClN3O2S/c1-12-6-5-7-13(17)16(12)23(21,22)20-11-4-3-8-15(20)14-9-10-18-19(14)2/h5-7,9-10,15H,3-4,8,11H2,1-2H3. The Bertz CT molecular complexity index is 796. The van der Waals surface area contributed by atoms with Crippen molar-refractivity contribution >= 4 is 21.6 Å². The Hall–Kier alpha value is -1.37. The van der Waals surface area contributed by atoms with Gasteiger partial charge in [0.1, 0.15) is 4.90 Å². The molecule has 0 radical (unpaired) electrons. The molecule has 1 aromatic carbocycles. The van der Waals surface area contributed by atoms with Crippen LogP contribution in [0.15, 0.2) is 35.4 Å². The molecular weight excluding hydrogens is 334 g/mol. The van der Waals surface area contributed by atoms with Crippen LogP contribution in [0.4, 0.5) is 0 Å². The van der Waals surface area contributed by atoms with E-state index in [0.29, 0.717) is 12.1 Å². The first-order valence-corrected chi connectivity index (χ1v) is 9.49. The molecule has 1 atom stereocenters. The molecule has 1 aliphatic rings. The Morgan fingerprint density at radius 1 is 1.26 bits per heavy atom. The molecular formula is C16H20ClN3O2S. The normalized spacial score (nSPS) is 19.9. The molecule has 3 rings (SSSR count). The molecule has 0 N–H and O–H groups in total. The smallest absolute Gasteiger partial charge is 0.245 e. The summed E-state index contributed by atoms with van der Waals surface area (Å²) in [6, 6.07) is 6.87. The predicted molar refractivity (Wildman–Crippen MR) is 89.9 cm³/mol. The Balaban J connectivity index is 2.08. The van der Waals surface area contributed by atoms with E-state index >= 15 is 0 Å². The lowest BCUT2D eigenvalue weighted by molar-refractivity contribution is 0.246. The summed E-state index contributed by atoms with van der Waals surface area (Å²) in [6.45, 7) is 2.28. The van der Waals surface area contributed by atoms with E-state index in [9.17, 15) is 8.42 Å². The molecule has 1 unspecified atom stereocenters. The Labute approximate surface area is 141 Å². The van der Waals surface area contributed by atoms with Crippen molar-refractivity contribution in [3.63, 3.8) is 0 Å². The zero-order valence-corrected chi connectivity index (χ0v) is 14.8. The maximum absolute atomic E-state index is 13.3. The first-order valence-electron chi connectivity index (χ1n) is 7.68. The highest BCUT2D eigenvalue weighted by molar-refractivity contribution is 7.89. The highest BCUT2D eigenvalue weighted by atomic mass is 35.5. The number of aryl methyl sites for hydroxylation is 2. The molecule has 0 bridgehead atoms. The van der Waals surface area contributed by atoms with Crippen molar-refractivity contribution in [2.75, 3.05) is 6.54 Å². The average molecular weight is 354 g/mol. The fourth-order valence-corrected chi connectivity index (χ4v) is 5.72. The molecule has 0 saturated carbocycles. The van der Waals surface area contributed by atoms with Gasteiger partial charge in [-0.3, -0.25) is 4.68 Å². The van der Waals surface area contributed by atoms with Crippen LogP contribution < -0.4 is 0 Å². The van der Waals surface area contributed by atoms with Gasteiger partial charge in [-0.05, 0) is 37.5 Å². The van der Waals surface area contributed by atoms with Crippen LogP contribution in [-0.2, 0) is 17.1 Å². The van der Waals surface area contributed by atoms with Crippen molar-refractivity contribution in [3.05, 3.63) is 46.7 Å². The first-order chi connectivity index (χ1) is 10.9. The van der Waals surface area contributed by atoms with Gasteiger partial charge in [-0.1, -0.05) is 30.2 Å².